The highest BCUT2D eigenvalue weighted by molar-refractivity contribution is 7.14. The lowest BCUT2D eigenvalue weighted by molar-refractivity contribution is -0.385. The van der Waals surface area contributed by atoms with E-state index in [-0.39, 0.29) is 5.69 Å². The Morgan fingerprint density at radius 1 is 1.18 bits per heavy atom. The predicted molar refractivity (Wildman–Crippen MR) is 106 cm³/mol. The van der Waals surface area contributed by atoms with Crippen LogP contribution in [-0.2, 0) is 0 Å². The van der Waals surface area contributed by atoms with Gasteiger partial charge in [0.1, 0.15) is 11.5 Å². The summed E-state index contributed by atoms with van der Waals surface area (Å²) in [5.41, 5.74) is 2.05. The molecule has 3 aromatic rings. The van der Waals surface area contributed by atoms with Gasteiger partial charge in [0.25, 0.3) is 11.6 Å². The van der Waals surface area contributed by atoms with Gasteiger partial charge in [-0.3, -0.25) is 20.2 Å². The van der Waals surface area contributed by atoms with E-state index in [1.54, 1.807) is 42.6 Å². The number of methoxy groups -OCH3 is 2. The molecule has 0 aliphatic heterocycles. The summed E-state index contributed by atoms with van der Waals surface area (Å²) in [6.07, 6.45) is 0. The molecule has 0 radical (unpaired) electrons. The van der Waals surface area contributed by atoms with Crippen LogP contribution in [0.4, 0.5) is 10.8 Å². The van der Waals surface area contributed by atoms with Gasteiger partial charge in [-0.25, -0.2) is 4.98 Å². The van der Waals surface area contributed by atoms with Gasteiger partial charge in [-0.1, -0.05) is 12.1 Å². The van der Waals surface area contributed by atoms with Gasteiger partial charge < -0.3 is 9.47 Å². The fourth-order valence-corrected chi connectivity index (χ4v) is 3.30. The van der Waals surface area contributed by atoms with Gasteiger partial charge in [0.05, 0.1) is 30.4 Å². The molecule has 0 saturated heterocycles. The van der Waals surface area contributed by atoms with Gasteiger partial charge in [-0.2, -0.15) is 0 Å². The molecule has 0 saturated carbocycles. The van der Waals surface area contributed by atoms with Crippen molar-refractivity contribution in [3.8, 4) is 22.8 Å². The second-order valence-corrected chi connectivity index (χ2v) is 6.67. The second kappa shape index (κ2) is 8.05. The molecule has 0 unspecified atom stereocenters. The van der Waals surface area contributed by atoms with Crippen LogP contribution in [0.3, 0.4) is 0 Å². The molecule has 9 heteroatoms. The van der Waals surface area contributed by atoms with Gasteiger partial charge in [0, 0.05) is 22.6 Å². The molecule has 0 aliphatic carbocycles. The van der Waals surface area contributed by atoms with Crippen molar-refractivity contribution >= 4 is 28.1 Å². The van der Waals surface area contributed by atoms with Gasteiger partial charge >= 0.3 is 0 Å². The Morgan fingerprint density at radius 2 is 1.96 bits per heavy atom. The first-order valence-electron chi connectivity index (χ1n) is 8.17. The fraction of sp³-hybridized carbons (Fsp3) is 0.158. The predicted octanol–water partition coefficient (Wildman–Crippen LogP) is 4.30. The molecule has 144 valence electrons. The summed E-state index contributed by atoms with van der Waals surface area (Å²) in [5.74, 6) is 0.536. The Hall–Kier alpha value is -3.46. The molecule has 28 heavy (non-hydrogen) atoms. The van der Waals surface area contributed by atoms with E-state index in [9.17, 15) is 14.9 Å². The van der Waals surface area contributed by atoms with Crippen LogP contribution in [0.5, 0.6) is 11.5 Å². The minimum absolute atomic E-state index is 0.0252. The minimum atomic E-state index is -0.428. The summed E-state index contributed by atoms with van der Waals surface area (Å²) in [7, 11) is 2.99. The normalized spacial score (nSPS) is 10.4. The molecule has 0 atom stereocenters. The first-order chi connectivity index (χ1) is 13.4. The van der Waals surface area contributed by atoms with Crippen molar-refractivity contribution in [3.05, 3.63) is 63.0 Å². The van der Waals surface area contributed by atoms with E-state index < -0.39 is 10.8 Å². The number of nitrogens with zero attached hydrogens (tertiary/aromatic N) is 2. The van der Waals surface area contributed by atoms with Crippen molar-refractivity contribution in [1.29, 1.82) is 0 Å². The number of hydrogen-bond acceptors (Lipinski definition) is 7. The Labute approximate surface area is 164 Å². The average Bonchev–Trinajstić information content (AvgIpc) is 3.15. The molecule has 3 rings (SSSR count). The number of carbonyl (C=O) groups is 1. The third-order valence-electron chi connectivity index (χ3n) is 4.08. The third-order valence-corrected chi connectivity index (χ3v) is 4.84. The number of rotatable bonds is 6. The van der Waals surface area contributed by atoms with Crippen molar-refractivity contribution in [2.24, 2.45) is 0 Å². The summed E-state index contributed by atoms with van der Waals surface area (Å²) in [6.45, 7) is 1.68. The molecule has 8 nitrogen and oxygen atoms in total. The topological polar surface area (TPSA) is 104 Å². The van der Waals surface area contributed by atoms with E-state index in [1.165, 1.54) is 31.6 Å². The number of nitrogens with one attached hydrogen (secondary N) is 1. The van der Waals surface area contributed by atoms with E-state index in [4.69, 9.17) is 9.47 Å². The fourth-order valence-electron chi connectivity index (χ4n) is 2.59. The summed E-state index contributed by atoms with van der Waals surface area (Å²) in [5, 5.41) is 16.0. The van der Waals surface area contributed by atoms with E-state index in [0.29, 0.717) is 39.0 Å². The first kappa shape index (κ1) is 19.3. The van der Waals surface area contributed by atoms with Crippen molar-refractivity contribution in [1.82, 2.24) is 4.98 Å². The number of nitro benzene ring substituents is 1. The van der Waals surface area contributed by atoms with Gasteiger partial charge in [-0.15, -0.1) is 11.3 Å². The summed E-state index contributed by atoms with van der Waals surface area (Å²) >= 11 is 1.22. The molecule has 1 aromatic heterocycles. The number of nitro groups is 1. The first-order valence-corrected chi connectivity index (χ1v) is 9.05. The molecule has 0 bridgehead atoms. The van der Waals surface area contributed by atoms with Crippen LogP contribution in [0, 0.1) is 17.0 Å². The maximum atomic E-state index is 12.6. The Balaban J connectivity index is 1.85. The number of aryl methyl sites for hydroxylation is 1. The van der Waals surface area contributed by atoms with Crippen molar-refractivity contribution in [3.63, 3.8) is 0 Å². The number of ether oxygens (including phenoxy) is 2. The molecule has 1 amide bonds. The average molecular weight is 399 g/mol. The van der Waals surface area contributed by atoms with E-state index in [2.05, 4.69) is 10.3 Å². The largest absolute Gasteiger partial charge is 0.497 e. The van der Waals surface area contributed by atoms with Crippen LogP contribution in [0.15, 0.2) is 41.8 Å². The van der Waals surface area contributed by atoms with E-state index in [1.807, 2.05) is 0 Å². The van der Waals surface area contributed by atoms with Gasteiger partial charge in [0.2, 0.25) is 0 Å². The number of thiazole rings is 1. The monoisotopic (exact) mass is 399 g/mol. The number of benzene rings is 2. The number of hydrogen-bond donors (Lipinski definition) is 1. The van der Waals surface area contributed by atoms with Gasteiger partial charge in [-0.05, 0) is 25.1 Å². The lowest BCUT2D eigenvalue weighted by atomic mass is 10.1. The SMILES string of the molecule is COc1ccc(OC)c(C(=O)Nc2nc(-c3ccc(C)c([N+](=O)[O-])c3)cs2)c1. The molecule has 0 aliphatic rings. The van der Waals surface area contributed by atoms with E-state index in [0.717, 1.165) is 0 Å². The Bertz CT molecular complexity index is 1050. The maximum absolute atomic E-state index is 12.6. The number of carbonyl (C=O) groups excluding carboxylic acids is 1. The smallest absolute Gasteiger partial charge is 0.272 e. The van der Waals surface area contributed by atoms with Crippen LogP contribution in [0.1, 0.15) is 15.9 Å². The van der Waals surface area contributed by atoms with Crippen molar-refractivity contribution < 1.29 is 19.2 Å². The quantitative estimate of drug-likeness (QED) is 0.490. The van der Waals surface area contributed by atoms with Gasteiger partial charge in [0.15, 0.2) is 5.13 Å². The van der Waals surface area contributed by atoms with E-state index >= 15 is 0 Å². The zero-order valence-corrected chi connectivity index (χ0v) is 16.2. The molecule has 0 fully saturated rings. The zero-order valence-electron chi connectivity index (χ0n) is 15.4. The Morgan fingerprint density at radius 3 is 2.64 bits per heavy atom. The van der Waals surface area contributed by atoms with Crippen LogP contribution in [-0.4, -0.2) is 30.0 Å². The van der Waals surface area contributed by atoms with Crippen molar-refractivity contribution in [2.75, 3.05) is 19.5 Å². The Kier molecular flexibility index (Phi) is 5.55. The highest BCUT2D eigenvalue weighted by Crippen LogP contribution is 2.30. The highest BCUT2D eigenvalue weighted by atomic mass is 32.1. The van der Waals surface area contributed by atoms with Crippen LogP contribution in [0.25, 0.3) is 11.3 Å². The van der Waals surface area contributed by atoms with Crippen molar-refractivity contribution in [2.45, 2.75) is 6.92 Å². The third kappa shape index (κ3) is 3.94. The zero-order chi connectivity index (χ0) is 20.3. The second-order valence-electron chi connectivity index (χ2n) is 5.82. The minimum Gasteiger partial charge on any atom is -0.497 e. The molecule has 1 N–H and O–H groups in total. The number of amides is 1. The summed E-state index contributed by atoms with van der Waals surface area (Å²) in [4.78, 5) is 27.7. The van der Waals surface area contributed by atoms with Crippen LogP contribution in [0.2, 0.25) is 0 Å². The molecule has 1 heterocycles. The highest BCUT2D eigenvalue weighted by Gasteiger charge is 2.17. The molecular formula is C19H17N3O5S. The number of aromatic nitrogens is 1. The lowest BCUT2D eigenvalue weighted by Crippen LogP contribution is -2.13. The van der Waals surface area contributed by atoms with Crippen LogP contribution < -0.4 is 14.8 Å². The molecule has 0 spiro atoms. The number of anilines is 1. The summed E-state index contributed by atoms with van der Waals surface area (Å²) < 4.78 is 10.4. The molecular weight excluding hydrogens is 382 g/mol. The lowest BCUT2D eigenvalue weighted by Gasteiger charge is -2.09. The standard InChI is InChI=1S/C19H17N3O5S/c1-11-4-5-12(8-16(11)22(24)25)15-10-28-19(20-15)21-18(23)14-9-13(26-2)6-7-17(14)27-3/h4-10H,1-3H3,(H,20,21,23). The molecule has 2 aromatic carbocycles. The summed E-state index contributed by atoms with van der Waals surface area (Å²) in [6, 6.07) is 9.82. The van der Waals surface area contributed by atoms with Crippen LogP contribution >= 0.6 is 11.3 Å². The maximum Gasteiger partial charge on any atom is 0.272 e.